The fourth-order valence-electron chi connectivity index (χ4n) is 1.34. The lowest BCUT2D eigenvalue weighted by Gasteiger charge is -2.24. The van der Waals surface area contributed by atoms with Crippen LogP contribution in [0.4, 0.5) is 0 Å². The molecule has 0 amide bonds. The van der Waals surface area contributed by atoms with Crippen molar-refractivity contribution in [1.82, 2.24) is 0 Å². The molecule has 0 aromatic carbocycles. The van der Waals surface area contributed by atoms with Crippen molar-refractivity contribution in [2.75, 3.05) is 0 Å². The Balaban J connectivity index is 0.000000371. The van der Waals surface area contributed by atoms with Crippen LogP contribution in [0.25, 0.3) is 0 Å². The van der Waals surface area contributed by atoms with Gasteiger partial charge in [-0.2, -0.15) is 0 Å². The van der Waals surface area contributed by atoms with Gasteiger partial charge in [0.1, 0.15) is 0 Å². The molecule has 0 aromatic rings. The fourth-order valence-corrected chi connectivity index (χ4v) is 1.34. The molecule has 2 N–H and O–H groups in total. The van der Waals surface area contributed by atoms with Crippen LogP contribution >= 0.6 is 0 Å². The second kappa shape index (κ2) is 5.72. The van der Waals surface area contributed by atoms with Gasteiger partial charge >= 0.3 is 0 Å². The van der Waals surface area contributed by atoms with Crippen molar-refractivity contribution in [1.29, 1.82) is 0 Å². The number of rotatable bonds is 0. The summed E-state index contributed by atoms with van der Waals surface area (Å²) in [7, 11) is 0. The van der Waals surface area contributed by atoms with E-state index in [1.165, 1.54) is 25.7 Å². The summed E-state index contributed by atoms with van der Waals surface area (Å²) in [5.74, 6) is 0.781. The van der Waals surface area contributed by atoms with E-state index in [1.54, 1.807) is 0 Å². The summed E-state index contributed by atoms with van der Waals surface area (Å²) in [6.07, 6.45) is 5.35. The lowest BCUT2D eigenvalue weighted by atomic mass is 9.87. The molecule has 1 heteroatoms. The lowest BCUT2D eigenvalue weighted by Crippen LogP contribution is -2.30. The lowest BCUT2D eigenvalue weighted by molar-refractivity contribution is 0.331. The van der Waals surface area contributed by atoms with Crippen LogP contribution in [0.3, 0.4) is 0 Å². The molecule has 1 fully saturated rings. The normalized spacial score (nSPS) is 32.4. The average Bonchev–Trinajstić information content (AvgIpc) is 2.00. The molecule has 0 radical (unpaired) electrons. The summed E-state index contributed by atoms with van der Waals surface area (Å²) in [6, 6.07) is 0.503. The molecular weight excluding hydrogens is 122 g/mol. The summed E-state index contributed by atoms with van der Waals surface area (Å²) in [5, 5.41) is 0. The fraction of sp³-hybridized carbons (Fsp3) is 1.00. The molecule has 0 bridgehead atoms. The average molecular weight is 143 g/mol. The van der Waals surface area contributed by atoms with Gasteiger partial charge in [0.05, 0.1) is 0 Å². The Hall–Kier alpha value is -0.0400. The van der Waals surface area contributed by atoms with Gasteiger partial charge < -0.3 is 5.73 Å². The summed E-state index contributed by atoms with van der Waals surface area (Å²) < 4.78 is 0. The summed E-state index contributed by atoms with van der Waals surface area (Å²) in [5.41, 5.74) is 5.78. The highest BCUT2D eigenvalue weighted by Crippen LogP contribution is 2.21. The highest BCUT2D eigenvalue weighted by atomic mass is 14.6. The molecule has 10 heavy (non-hydrogen) atoms. The number of hydrogen-bond donors (Lipinski definition) is 1. The Morgan fingerprint density at radius 1 is 1.10 bits per heavy atom. The van der Waals surface area contributed by atoms with E-state index < -0.39 is 0 Å². The van der Waals surface area contributed by atoms with Gasteiger partial charge in [0.2, 0.25) is 0 Å². The van der Waals surface area contributed by atoms with Crippen LogP contribution in [0.2, 0.25) is 0 Å². The Labute approximate surface area is 65.0 Å². The third kappa shape index (κ3) is 3.21. The smallest absolute Gasteiger partial charge is 0.00645 e. The van der Waals surface area contributed by atoms with Crippen molar-refractivity contribution < 1.29 is 0 Å². The first-order chi connectivity index (χ1) is 4.80. The second-order valence-corrected chi connectivity index (χ2v) is 2.93. The van der Waals surface area contributed by atoms with Gasteiger partial charge in [0.15, 0.2) is 0 Å². The number of hydrogen-bond acceptors (Lipinski definition) is 1. The molecule has 0 spiro atoms. The third-order valence-corrected chi connectivity index (χ3v) is 2.18. The maximum atomic E-state index is 5.78. The van der Waals surface area contributed by atoms with Crippen molar-refractivity contribution in [3.8, 4) is 0 Å². The maximum Gasteiger partial charge on any atom is 0.00645 e. The van der Waals surface area contributed by atoms with Gasteiger partial charge in [-0.15, -0.1) is 0 Å². The van der Waals surface area contributed by atoms with Crippen LogP contribution in [0.1, 0.15) is 46.5 Å². The third-order valence-electron chi connectivity index (χ3n) is 2.18. The Bertz CT molecular complexity index is 61.1. The quantitative estimate of drug-likeness (QED) is 0.554. The molecule has 1 saturated carbocycles. The predicted octanol–water partition coefficient (Wildman–Crippen LogP) is 2.55. The van der Waals surface area contributed by atoms with Crippen LogP contribution in [-0.4, -0.2) is 6.04 Å². The minimum Gasteiger partial charge on any atom is -0.327 e. The summed E-state index contributed by atoms with van der Waals surface area (Å²) >= 11 is 0. The molecule has 0 aliphatic heterocycles. The van der Waals surface area contributed by atoms with Gasteiger partial charge in [0, 0.05) is 6.04 Å². The van der Waals surface area contributed by atoms with E-state index in [9.17, 15) is 0 Å². The van der Waals surface area contributed by atoms with Gasteiger partial charge in [-0.25, -0.2) is 0 Å². The zero-order valence-electron chi connectivity index (χ0n) is 7.56. The molecule has 1 rings (SSSR count). The van der Waals surface area contributed by atoms with Crippen molar-refractivity contribution in [2.24, 2.45) is 11.7 Å². The van der Waals surface area contributed by atoms with Crippen LogP contribution in [0.15, 0.2) is 0 Å². The molecule has 1 unspecified atom stereocenters. The van der Waals surface area contributed by atoms with Crippen LogP contribution in [0.5, 0.6) is 0 Å². The summed E-state index contributed by atoms with van der Waals surface area (Å²) in [4.78, 5) is 0. The molecule has 0 saturated heterocycles. The monoisotopic (exact) mass is 143 g/mol. The maximum absolute atomic E-state index is 5.78. The molecule has 1 nitrogen and oxygen atoms in total. The van der Waals surface area contributed by atoms with Crippen molar-refractivity contribution in [2.45, 2.75) is 52.5 Å². The standard InChI is InChI=1S/C7H15N.C2H6/c1-6-4-2-3-5-7(6)8;1-2/h6-7H,2-5,8H2,1H3;1-2H3/t6-,7?;/m0./s1. The molecule has 2 atom stereocenters. The van der Waals surface area contributed by atoms with E-state index in [1.807, 2.05) is 13.8 Å². The largest absolute Gasteiger partial charge is 0.327 e. The minimum atomic E-state index is 0.503. The molecule has 1 aliphatic rings. The minimum absolute atomic E-state index is 0.503. The Morgan fingerprint density at radius 2 is 1.60 bits per heavy atom. The van der Waals surface area contributed by atoms with E-state index >= 15 is 0 Å². The second-order valence-electron chi connectivity index (χ2n) is 2.93. The van der Waals surface area contributed by atoms with E-state index in [0.29, 0.717) is 6.04 Å². The van der Waals surface area contributed by atoms with Crippen molar-refractivity contribution in [3.63, 3.8) is 0 Å². The molecule has 62 valence electrons. The van der Waals surface area contributed by atoms with Gasteiger partial charge in [-0.1, -0.05) is 33.6 Å². The Kier molecular flexibility index (Phi) is 5.70. The first kappa shape index (κ1) is 9.96. The highest BCUT2D eigenvalue weighted by Gasteiger charge is 2.15. The topological polar surface area (TPSA) is 26.0 Å². The van der Waals surface area contributed by atoms with Crippen LogP contribution in [-0.2, 0) is 0 Å². The number of nitrogens with two attached hydrogens (primary N) is 1. The zero-order valence-corrected chi connectivity index (χ0v) is 7.56. The molecular formula is C9H21N. The van der Waals surface area contributed by atoms with Crippen LogP contribution < -0.4 is 5.73 Å². The van der Waals surface area contributed by atoms with Gasteiger partial charge in [0.25, 0.3) is 0 Å². The molecule has 0 heterocycles. The molecule has 0 aromatic heterocycles. The van der Waals surface area contributed by atoms with Crippen LogP contribution in [0, 0.1) is 5.92 Å². The van der Waals surface area contributed by atoms with Crippen molar-refractivity contribution >= 4 is 0 Å². The van der Waals surface area contributed by atoms with Gasteiger partial charge in [-0.05, 0) is 18.8 Å². The predicted molar refractivity (Wildman–Crippen MR) is 47.0 cm³/mol. The van der Waals surface area contributed by atoms with E-state index in [-0.39, 0.29) is 0 Å². The van der Waals surface area contributed by atoms with Crippen molar-refractivity contribution in [3.05, 3.63) is 0 Å². The molecule has 1 aliphatic carbocycles. The summed E-state index contributed by atoms with van der Waals surface area (Å²) in [6.45, 7) is 6.25. The Morgan fingerprint density at radius 3 is 1.90 bits per heavy atom. The van der Waals surface area contributed by atoms with E-state index in [0.717, 1.165) is 5.92 Å². The van der Waals surface area contributed by atoms with Gasteiger partial charge in [-0.3, -0.25) is 0 Å². The first-order valence-electron chi connectivity index (χ1n) is 4.56. The SMILES string of the molecule is CC.C[C@H]1CCCCC1N. The zero-order chi connectivity index (χ0) is 7.98. The van der Waals surface area contributed by atoms with E-state index in [2.05, 4.69) is 6.92 Å². The first-order valence-corrected chi connectivity index (χ1v) is 4.56. The van der Waals surface area contributed by atoms with E-state index in [4.69, 9.17) is 5.73 Å². The highest BCUT2D eigenvalue weighted by molar-refractivity contribution is 4.73.